The summed E-state index contributed by atoms with van der Waals surface area (Å²) >= 11 is 0. The van der Waals surface area contributed by atoms with Gasteiger partial charge in [-0.15, -0.1) is 0 Å². The molecular weight excluding hydrogens is 278 g/mol. The summed E-state index contributed by atoms with van der Waals surface area (Å²) in [6.07, 6.45) is 1.52. The fourth-order valence-electron chi connectivity index (χ4n) is 2.59. The highest BCUT2D eigenvalue weighted by atomic mass is 16.2. The van der Waals surface area contributed by atoms with Gasteiger partial charge in [0, 0.05) is 38.3 Å². The number of aromatic nitrogens is 1. The first kappa shape index (κ1) is 16.3. The lowest BCUT2D eigenvalue weighted by Crippen LogP contribution is -2.44. The van der Waals surface area contributed by atoms with E-state index >= 15 is 0 Å². The number of pyridine rings is 1. The second-order valence-corrected chi connectivity index (χ2v) is 5.52. The normalized spacial score (nSPS) is 18.4. The van der Waals surface area contributed by atoms with Crippen molar-refractivity contribution in [2.45, 2.75) is 39.3 Å². The molecule has 1 unspecified atom stereocenters. The Morgan fingerprint density at radius 1 is 1.50 bits per heavy atom. The Balaban J connectivity index is 1.82. The molecule has 6 nitrogen and oxygen atoms in total. The predicted molar refractivity (Wildman–Crippen MR) is 87.6 cm³/mol. The number of nitrogens with zero attached hydrogens (tertiary/aromatic N) is 3. The number of carbonyl (C=O) groups is 1. The number of aryl methyl sites for hydroxylation is 1. The van der Waals surface area contributed by atoms with Crippen molar-refractivity contribution < 1.29 is 4.79 Å². The highest BCUT2D eigenvalue weighted by molar-refractivity contribution is 5.80. The molecule has 1 fully saturated rings. The summed E-state index contributed by atoms with van der Waals surface area (Å²) in [5, 5.41) is 6.65. The molecule has 0 aliphatic carbocycles. The zero-order valence-corrected chi connectivity index (χ0v) is 13.6. The second-order valence-electron chi connectivity index (χ2n) is 5.52. The van der Waals surface area contributed by atoms with Crippen LogP contribution in [-0.4, -0.2) is 47.9 Å². The Morgan fingerprint density at radius 2 is 2.32 bits per heavy atom. The molecule has 0 aromatic carbocycles. The van der Waals surface area contributed by atoms with Gasteiger partial charge >= 0.3 is 0 Å². The molecule has 2 heterocycles. The number of amides is 1. The van der Waals surface area contributed by atoms with Gasteiger partial charge in [-0.05, 0) is 25.5 Å². The van der Waals surface area contributed by atoms with Crippen molar-refractivity contribution in [2.24, 2.45) is 4.99 Å². The molecule has 6 heteroatoms. The van der Waals surface area contributed by atoms with E-state index < -0.39 is 0 Å². The number of hydrogen-bond donors (Lipinski definition) is 2. The Kier molecular flexibility index (Phi) is 5.75. The Bertz CT molecular complexity index is 543. The molecule has 0 radical (unpaired) electrons. The van der Waals surface area contributed by atoms with Crippen LogP contribution >= 0.6 is 0 Å². The second kappa shape index (κ2) is 7.77. The van der Waals surface area contributed by atoms with E-state index in [1.807, 2.05) is 36.9 Å². The van der Waals surface area contributed by atoms with Gasteiger partial charge in [0.15, 0.2) is 5.96 Å². The number of hydrogen-bond acceptors (Lipinski definition) is 3. The molecule has 0 saturated carbocycles. The summed E-state index contributed by atoms with van der Waals surface area (Å²) in [6, 6.07) is 6.23. The fraction of sp³-hybridized carbons (Fsp3) is 0.562. The zero-order valence-electron chi connectivity index (χ0n) is 13.6. The summed E-state index contributed by atoms with van der Waals surface area (Å²) < 4.78 is 0. The third kappa shape index (κ3) is 4.44. The number of carbonyl (C=O) groups excluding carboxylic acids is 1. The minimum Gasteiger partial charge on any atom is -0.352 e. The topological polar surface area (TPSA) is 69.6 Å². The first-order chi connectivity index (χ1) is 10.6. The first-order valence-electron chi connectivity index (χ1n) is 7.80. The Hall–Kier alpha value is -2.11. The van der Waals surface area contributed by atoms with Gasteiger partial charge in [0.2, 0.25) is 5.91 Å². The lowest BCUT2D eigenvalue weighted by atomic mass is 10.3. The maximum Gasteiger partial charge on any atom is 0.222 e. The first-order valence-corrected chi connectivity index (χ1v) is 7.80. The Morgan fingerprint density at radius 3 is 3.00 bits per heavy atom. The lowest BCUT2D eigenvalue weighted by molar-refractivity contribution is -0.129. The molecule has 1 aromatic rings. The number of aliphatic imine (C=N–C) groups is 1. The molecule has 2 N–H and O–H groups in total. The van der Waals surface area contributed by atoms with Crippen LogP contribution in [-0.2, 0) is 11.3 Å². The van der Waals surface area contributed by atoms with Gasteiger partial charge in [0.1, 0.15) is 0 Å². The smallest absolute Gasteiger partial charge is 0.222 e. The van der Waals surface area contributed by atoms with Gasteiger partial charge in [-0.2, -0.15) is 0 Å². The third-order valence-electron chi connectivity index (χ3n) is 3.79. The van der Waals surface area contributed by atoms with Crippen LogP contribution in [0, 0.1) is 6.92 Å². The number of rotatable bonds is 4. The van der Waals surface area contributed by atoms with Crippen molar-refractivity contribution >= 4 is 11.9 Å². The van der Waals surface area contributed by atoms with E-state index in [4.69, 9.17) is 0 Å². The van der Waals surface area contributed by atoms with Crippen LogP contribution in [0.2, 0.25) is 0 Å². The summed E-state index contributed by atoms with van der Waals surface area (Å²) in [5.74, 6) is 0.968. The standard InChI is InChI=1S/C16H25N5O/c1-4-15(22)21-9-8-14(11-21)20-16(17-3)18-10-13-7-5-6-12(2)19-13/h5-7,14H,4,8-11H2,1-3H3,(H2,17,18,20). The molecule has 1 aliphatic rings. The molecule has 2 rings (SSSR count). The van der Waals surface area contributed by atoms with Gasteiger partial charge < -0.3 is 15.5 Å². The molecule has 1 saturated heterocycles. The van der Waals surface area contributed by atoms with Crippen LogP contribution in [0.3, 0.4) is 0 Å². The zero-order chi connectivity index (χ0) is 15.9. The van der Waals surface area contributed by atoms with E-state index in [0.29, 0.717) is 13.0 Å². The molecule has 22 heavy (non-hydrogen) atoms. The van der Waals surface area contributed by atoms with Gasteiger partial charge in [0.05, 0.1) is 12.2 Å². The van der Waals surface area contributed by atoms with Crippen molar-refractivity contribution in [2.75, 3.05) is 20.1 Å². The van der Waals surface area contributed by atoms with E-state index in [0.717, 1.165) is 36.9 Å². The van der Waals surface area contributed by atoms with Crippen molar-refractivity contribution in [3.63, 3.8) is 0 Å². The van der Waals surface area contributed by atoms with Crippen molar-refractivity contribution in [1.29, 1.82) is 0 Å². The largest absolute Gasteiger partial charge is 0.352 e. The molecule has 120 valence electrons. The molecule has 1 amide bonds. The highest BCUT2D eigenvalue weighted by Crippen LogP contribution is 2.10. The van der Waals surface area contributed by atoms with Crippen LogP contribution in [0.1, 0.15) is 31.2 Å². The maximum atomic E-state index is 11.7. The number of nitrogens with one attached hydrogen (secondary N) is 2. The summed E-state index contributed by atoms with van der Waals surface area (Å²) in [7, 11) is 1.75. The number of likely N-dealkylation sites (tertiary alicyclic amines) is 1. The van der Waals surface area contributed by atoms with E-state index in [1.54, 1.807) is 7.05 Å². The van der Waals surface area contributed by atoms with E-state index in [9.17, 15) is 4.79 Å². The van der Waals surface area contributed by atoms with Crippen LogP contribution in [0.25, 0.3) is 0 Å². The molecule has 1 aromatic heterocycles. The Labute approximate surface area is 132 Å². The third-order valence-corrected chi connectivity index (χ3v) is 3.79. The van der Waals surface area contributed by atoms with Crippen LogP contribution < -0.4 is 10.6 Å². The van der Waals surface area contributed by atoms with Crippen molar-refractivity contribution in [3.05, 3.63) is 29.6 Å². The average molecular weight is 303 g/mol. The fourth-order valence-corrected chi connectivity index (χ4v) is 2.59. The van der Waals surface area contributed by atoms with Gasteiger partial charge in [-0.25, -0.2) is 0 Å². The van der Waals surface area contributed by atoms with E-state index in [-0.39, 0.29) is 11.9 Å². The predicted octanol–water partition coefficient (Wildman–Crippen LogP) is 1.07. The number of guanidine groups is 1. The lowest BCUT2D eigenvalue weighted by Gasteiger charge is -2.18. The molecule has 0 bridgehead atoms. The minimum atomic E-state index is 0.219. The van der Waals surface area contributed by atoms with Crippen LogP contribution in [0.5, 0.6) is 0 Å². The highest BCUT2D eigenvalue weighted by Gasteiger charge is 2.25. The summed E-state index contributed by atoms with van der Waals surface area (Å²) in [4.78, 5) is 22.3. The van der Waals surface area contributed by atoms with E-state index in [2.05, 4.69) is 20.6 Å². The molecule has 1 aliphatic heterocycles. The van der Waals surface area contributed by atoms with Crippen LogP contribution in [0.15, 0.2) is 23.2 Å². The average Bonchev–Trinajstić information content (AvgIpc) is 2.99. The van der Waals surface area contributed by atoms with Gasteiger partial charge in [-0.1, -0.05) is 13.0 Å². The molecular formula is C16H25N5O. The van der Waals surface area contributed by atoms with Gasteiger partial charge in [0.25, 0.3) is 0 Å². The quantitative estimate of drug-likeness (QED) is 0.645. The van der Waals surface area contributed by atoms with Gasteiger partial charge in [-0.3, -0.25) is 14.8 Å². The van der Waals surface area contributed by atoms with Crippen molar-refractivity contribution in [1.82, 2.24) is 20.5 Å². The molecule has 1 atom stereocenters. The summed E-state index contributed by atoms with van der Waals surface area (Å²) in [6.45, 7) is 6.08. The summed E-state index contributed by atoms with van der Waals surface area (Å²) in [5.41, 5.74) is 1.99. The van der Waals surface area contributed by atoms with Crippen molar-refractivity contribution in [3.8, 4) is 0 Å². The van der Waals surface area contributed by atoms with E-state index in [1.165, 1.54) is 0 Å². The SMILES string of the molecule is CCC(=O)N1CCC(NC(=NC)NCc2cccc(C)n2)C1. The maximum absolute atomic E-state index is 11.7. The molecule has 0 spiro atoms. The minimum absolute atomic E-state index is 0.219. The monoisotopic (exact) mass is 303 g/mol. The van der Waals surface area contributed by atoms with Crippen LogP contribution in [0.4, 0.5) is 0 Å².